The SMILES string of the molecule is CNC(=O)Cn1c(=O)c2c(ncn2Cc2ccccc2)n(Cc2ccccc2)c1=O. The van der Waals surface area contributed by atoms with Crippen LogP contribution in [0.3, 0.4) is 0 Å². The molecule has 30 heavy (non-hydrogen) atoms. The topological polar surface area (TPSA) is 90.9 Å². The number of nitrogens with one attached hydrogen (secondary N) is 1. The molecule has 8 heteroatoms. The molecule has 0 aliphatic carbocycles. The zero-order valence-electron chi connectivity index (χ0n) is 16.5. The molecule has 0 bridgehead atoms. The van der Waals surface area contributed by atoms with Crippen molar-refractivity contribution < 1.29 is 4.79 Å². The zero-order valence-corrected chi connectivity index (χ0v) is 16.5. The first-order valence-electron chi connectivity index (χ1n) is 9.55. The van der Waals surface area contributed by atoms with Crippen LogP contribution in [0.25, 0.3) is 11.2 Å². The summed E-state index contributed by atoms with van der Waals surface area (Å²) in [6, 6.07) is 19.1. The van der Waals surface area contributed by atoms with Crippen LogP contribution in [0.1, 0.15) is 11.1 Å². The molecule has 152 valence electrons. The van der Waals surface area contributed by atoms with Crippen molar-refractivity contribution in [3.05, 3.63) is 99.0 Å². The van der Waals surface area contributed by atoms with Gasteiger partial charge in [0, 0.05) is 13.6 Å². The van der Waals surface area contributed by atoms with Crippen LogP contribution in [0.5, 0.6) is 0 Å². The van der Waals surface area contributed by atoms with Gasteiger partial charge in [-0.25, -0.2) is 14.3 Å². The summed E-state index contributed by atoms with van der Waals surface area (Å²) in [6.07, 6.45) is 1.56. The Kier molecular flexibility index (Phi) is 5.30. The van der Waals surface area contributed by atoms with E-state index in [0.29, 0.717) is 17.7 Å². The Hall–Kier alpha value is -3.94. The maximum absolute atomic E-state index is 13.2. The third-order valence-corrected chi connectivity index (χ3v) is 4.94. The summed E-state index contributed by atoms with van der Waals surface area (Å²) in [5, 5.41) is 2.46. The minimum Gasteiger partial charge on any atom is -0.358 e. The highest BCUT2D eigenvalue weighted by atomic mass is 16.2. The van der Waals surface area contributed by atoms with E-state index in [1.807, 2.05) is 60.7 Å². The molecule has 8 nitrogen and oxygen atoms in total. The second-order valence-corrected chi connectivity index (χ2v) is 6.95. The second kappa shape index (κ2) is 8.20. The van der Waals surface area contributed by atoms with Crippen LogP contribution in [0.2, 0.25) is 0 Å². The molecule has 0 radical (unpaired) electrons. The predicted molar refractivity (Wildman–Crippen MR) is 113 cm³/mol. The molecule has 4 rings (SSSR count). The highest BCUT2D eigenvalue weighted by Gasteiger charge is 2.19. The van der Waals surface area contributed by atoms with Gasteiger partial charge in [-0.3, -0.25) is 14.2 Å². The number of fused-ring (bicyclic) bond motifs is 1. The minimum absolute atomic E-state index is 0.243. The van der Waals surface area contributed by atoms with Crippen LogP contribution < -0.4 is 16.6 Å². The van der Waals surface area contributed by atoms with Crippen molar-refractivity contribution in [3.63, 3.8) is 0 Å². The van der Waals surface area contributed by atoms with Crippen LogP contribution in [0.15, 0.2) is 76.6 Å². The van der Waals surface area contributed by atoms with E-state index in [2.05, 4.69) is 10.3 Å². The van der Waals surface area contributed by atoms with Gasteiger partial charge < -0.3 is 9.88 Å². The molecule has 0 fully saturated rings. The number of likely N-dealkylation sites (N-methyl/N-ethyl adjacent to an activating group) is 1. The van der Waals surface area contributed by atoms with Crippen molar-refractivity contribution in [1.29, 1.82) is 0 Å². The summed E-state index contributed by atoms with van der Waals surface area (Å²) in [5.74, 6) is -0.422. The molecule has 0 atom stereocenters. The molecule has 2 aromatic carbocycles. The Morgan fingerprint density at radius 2 is 1.50 bits per heavy atom. The number of rotatable bonds is 6. The molecule has 0 saturated carbocycles. The number of aromatic nitrogens is 4. The lowest BCUT2D eigenvalue weighted by atomic mass is 10.2. The standard InChI is InChI=1S/C22H21N5O3/c1-23-18(28)14-27-21(29)19-20(24-15-25(19)12-16-8-4-2-5-9-16)26(22(27)30)13-17-10-6-3-7-11-17/h2-11,15H,12-14H2,1H3,(H,23,28). The monoisotopic (exact) mass is 403 g/mol. The van der Waals surface area contributed by atoms with E-state index >= 15 is 0 Å². The Morgan fingerprint density at radius 3 is 2.10 bits per heavy atom. The lowest BCUT2D eigenvalue weighted by Gasteiger charge is -2.12. The highest BCUT2D eigenvalue weighted by molar-refractivity contribution is 5.76. The number of hydrogen-bond donors (Lipinski definition) is 1. The van der Waals surface area contributed by atoms with Crippen LogP contribution >= 0.6 is 0 Å². The van der Waals surface area contributed by atoms with Crippen LogP contribution in [0, 0.1) is 0 Å². The van der Waals surface area contributed by atoms with E-state index in [0.717, 1.165) is 15.7 Å². The van der Waals surface area contributed by atoms with Crippen molar-refractivity contribution in [2.24, 2.45) is 0 Å². The quantitative estimate of drug-likeness (QED) is 0.524. The van der Waals surface area contributed by atoms with Gasteiger partial charge in [0.2, 0.25) is 5.91 Å². The Morgan fingerprint density at radius 1 is 0.900 bits per heavy atom. The van der Waals surface area contributed by atoms with E-state index in [1.54, 1.807) is 10.9 Å². The lowest BCUT2D eigenvalue weighted by Crippen LogP contribution is -2.44. The fraction of sp³-hybridized carbons (Fsp3) is 0.182. The lowest BCUT2D eigenvalue weighted by molar-refractivity contribution is -0.121. The summed E-state index contributed by atoms with van der Waals surface area (Å²) in [6.45, 7) is 0.318. The van der Waals surface area contributed by atoms with Crippen molar-refractivity contribution in [2.45, 2.75) is 19.6 Å². The summed E-state index contributed by atoms with van der Waals surface area (Å²) in [5.41, 5.74) is 1.39. The van der Waals surface area contributed by atoms with E-state index < -0.39 is 17.2 Å². The van der Waals surface area contributed by atoms with E-state index in [1.165, 1.54) is 11.6 Å². The van der Waals surface area contributed by atoms with Gasteiger partial charge in [0.05, 0.1) is 12.9 Å². The zero-order chi connectivity index (χ0) is 21.1. The van der Waals surface area contributed by atoms with Crippen molar-refractivity contribution >= 4 is 17.1 Å². The van der Waals surface area contributed by atoms with Gasteiger partial charge in [-0.05, 0) is 11.1 Å². The van der Waals surface area contributed by atoms with Crippen molar-refractivity contribution in [1.82, 2.24) is 24.0 Å². The van der Waals surface area contributed by atoms with E-state index in [-0.39, 0.29) is 13.1 Å². The molecular formula is C22H21N5O3. The van der Waals surface area contributed by atoms with Crippen LogP contribution in [0.4, 0.5) is 0 Å². The summed E-state index contributed by atoms with van der Waals surface area (Å²) < 4.78 is 4.12. The third-order valence-electron chi connectivity index (χ3n) is 4.94. The van der Waals surface area contributed by atoms with Crippen LogP contribution in [-0.4, -0.2) is 31.6 Å². The second-order valence-electron chi connectivity index (χ2n) is 6.95. The average Bonchev–Trinajstić information content (AvgIpc) is 3.19. The summed E-state index contributed by atoms with van der Waals surface area (Å²) in [4.78, 5) is 42.7. The minimum atomic E-state index is -0.565. The molecule has 0 aliphatic rings. The van der Waals surface area contributed by atoms with Gasteiger partial charge >= 0.3 is 5.69 Å². The van der Waals surface area contributed by atoms with E-state index in [9.17, 15) is 14.4 Å². The van der Waals surface area contributed by atoms with Gasteiger partial charge in [-0.1, -0.05) is 60.7 Å². The molecule has 0 saturated heterocycles. The van der Waals surface area contributed by atoms with E-state index in [4.69, 9.17) is 0 Å². The molecule has 0 spiro atoms. The first-order valence-corrected chi connectivity index (χ1v) is 9.55. The molecule has 1 N–H and O–H groups in total. The van der Waals surface area contributed by atoms with Gasteiger partial charge in [-0.15, -0.1) is 0 Å². The number of hydrogen-bond acceptors (Lipinski definition) is 4. The first kappa shape index (κ1) is 19.4. The molecule has 2 aromatic heterocycles. The Labute approximate surface area is 172 Å². The number of carbonyl (C=O) groups is 1. The molecule has 1 amide bonds. The highest BCUT2D eigenvalue weighted by Crippen LogP contribution is 2.12. The number of benzene rings is 2. The first-order chi connectivity index (χ1) is 14.6. The smallest absolute Gasteiger partial charge is 0.333 e. The maximum Gasteiger partial charge on any atom is 0.333 e. The molecular weight excluding hydrogens is 382 g/mol. The van der Waals surface area contributed by atoms with Crippen LogP contribution in [-0.2, 0) is 24.4 Å². The number of carbonyl (C=O) groups excluding carboxylic acids is 1. The third kappa shape index (κ3) is 3.67. The van der Waals surface area contributed by atoms with Crippen molar-refractivity contribution in [2.75, 3.05) is 7.05 Å². The Bertz CT molecular complexity index is 1300. The molecule has 4 aromatic rings. The maximum atomic E-state index is 13.2. The van der Waals surface area contributed by atoms with Gasteiger partial charge in [0.15, 0.2) is 11.2 Å². The molecule has 0 aliphatic heterocycles. The van der Waals surface area contributed by atoms with Gasteiger partial charge in [0.1, 0.15) is 6.54 Å². The largest absolute Gasteiger partial charge is 0.358 e. The summed E-state index contributed by atoms with van der Waals surface area (Å²) >= 11 is 0. The van der Waals surface area contributed by atoms with Gasteiger partial charge in [0.25, 0.3) is 5.56 Å². The fourth-order valence-electron chi connectivity index (χ4n) is 3.41. The fourth-order valence-corrected chi connectivity index (χ4v) is 3.41. The number of amides is 1. The normalized spacial score (nSPS) is 11.0. The molecule has 2 heterocycles. The van der Waals surface area contributed by atoms with Gasteiger partial charge in [-0.2, -0.15) is 0 Å². The average molecular weight is 403 g/mol. The van der Waals surface area contributed by atoms with Crippen molar-refractivity contribution in [3.8, 4) is 0 Å². The molecule has 0 unspecified atom stereocenters. The predicted octanol–water partition coefficient (Wildman–Crippen LogP) is 1.20. The Balaban J connectivity index is 1.91. The number of nitrogens with zero attached hydrogens (tertiary/aromatic N) is 4. The summed E-state index contributed by atoms with van der Waals surface area (Å²) in [7, 11) is 1.47. The number of imidazole rings is 1.